The van der Waals surface area contributed by atoms with Crippen molar-refractivity contribution in [2.75, 3.05) is 26.2 Å². The third-order valence-corrected chi connectivity index (χ3v) is 4.70. The summed E-state index contributed by atoms with van der Waals surface area (Å²) in [5, 5.41) is 13.9. The van der Waals surface area contributed by atoms with Gasteiger partial charge in [-0.3, -0.25) is 4.90 Å². The van der Waals surface area contributed by atoms with Gasteiger partial charge in [-0.1, -0.05) is 27.7 Å². The monoisotopic (exact) mass is 270 g/mol. The molecule has 0 saturated carbocycles. The summed E-state index contributed by atoms with van der Waals surface area (Å²) in [4.78, 5) is 2.47. The van der Waals surface area contributed by atoms with Crippen molar-refractivity contribution < 1.29 is 5.11 Å². The second-order valence-electron chi connectivity index (χ2n) is 7.05. The van der Waals surface area contributed by atoms with Crippen molar-refractivity contribution in [3.8, 4) is 0 Å². The summed E-state index contributed by atoms with van der Waals surface area (Å²) < 4.78 is 0. The van der Waals surface area contributed by atoms with Crippen LogP contribution in [0.3, 0.4) is 0 Å². The van der Waals surface area contributed by atoms with Crippen LogP contribution in [0.1, 0.15) is 60.3 Å². The van der Waals surface area contributed by atoms with Crippen molar-refractivity contribution in [1.82, 2.24) is 10.2 Å². The van der Waals surface area contributed by atoms with Gasteiger partial charge < -0.3 is 10.4 Å². The molecule has 1 rings (SSSR count). The van der Waals surface area contributed by atoms with Gasteiger partial charge in [0.1, 0.15) is 0 Å². The Hall–Kier alpha value is -0.120. The molecule has 19 heavy (non-hydrogen) atoms. The van der Waals surface area contributed by atoms with Crippen LogP contribution >= 0.6 is 0 Å². The quantitative estimate of drug-likeness (QED) is 0.746. The van der Waals surface area contributed by atoms with Gasteiger partial charge in [-0.15, -0.1) is 0 Å². The molecule has 0 aliphatic carbocycles. The van der Waals surface area contributed by atoms with Crippen molar-refractivity contribution in [3.63, 3.8) is 0 Å². The SMILES string of the molecule is CCC(CC)(CNC(C)C)CN1CCCC(C)(O)C1. The first kappa shape index (κ1) is 16.9. The van der Waals surface area contributed by atoms with Crippen LogP contribution in [-0.2, 0) is 0 Å². The summed E-state index contributed by atoms with van der Waals surface area (Å²) in [5.41, 5.74) is -0.144. The number of rotatable bonds is 7. The van der Waals surface area contributed by atoms with Gasteiger partial charge in [0.2, 0.25) is 0 Å². The van der Waals surface area contributed by atoms with Crippen LogP contribution in [0.5, 0.6) is 0 Å². The molecule has 1 saturated heterocycles. The van der Waals surface area contributed by atoms with E-state index in [0.717, 1.165) is 39.0 Å². The predicted molar refractivity (Wildman–Crippen MR) is 82.5 cm³/mol. The van der Waals surface area contributed by atoms with Crippen molar-refractivity contribution in [2.45, 2.75) is 71.9 Å². The molecule has 1 aliphatic heterocycles. The molecule has 0 bridgehead atoms. The summed E-state index contributed by atoms with van der Waals surface area (Å²) in [6, 6.07) is 0.543. The molecule has 0 radical (unpaired) electrons. The largest absolute Gasteiger partial charge is 0.389 e. The van der Waals surface area contributed by atoms with Gasteiger partial charge in [0, 0.05) is 25.7 Å². The van der Waals surface area contributed by atoms with Crippen molar-refractivity contribution in [3.05, 3.63) is 0 Å². The average Bonchev–Trinajstić information content (AvgIpc) is 2.33. The van der Waals surface area contributed by atoms with E-state index in [4.69, 9.17) is 0 Å². The first-order chi connectivity index (χ1) is 8.82. The average molecular weight is 270 g/mol. The topological polar surface area (TPSA) is 35.5 Å². The van der Waals surface area contributed by atoms with E-state index in [-0.39, 0.29) is 0 Å². The van der Waals surface area contributed by atoms with Crippen molar-refractivity contribution in [1.29, 1.82) is 0 Å². The number of nitrogens with zero attached hydrogens (tertiary/aromatic N) is 1. The molecule has 1 heterocycles. The third-order valence-electron chi connectivity index (χ3n) is 4.70. The molecule has 1 atom stereocenters. The van der Waals surface area contributed by atoms with Crippen molar-refractivity contribution >= 4 is 0 Å². The molecule has 1 fully saturated rings. The lowest BCUT2D eigenvalue weighted by molar-refractivity contribution is -0.0298. The maximum Gasteiger partial charge on any atom is 0.0746 e. The fourth-order valence-electron chi connectivity index (χ4n) is 3.13. The molecule has 0 amide bonds. The summed E-state index contributed by atoms with van der Waals surface area (Å²) in [5.74, 6) is 0. The molecule has 2 N–H and O–H groups in total. The van der Waals surface area contributed by atoms with Crippen molar-refractivity contribution in [2.24, 2.45) is 5.41 Å². The number of piperidine rings is 1. The smallest absolute Gasteiger partial charge is 0.0746 e. The molecule has 0 aromatic rings. The van der Waals surface area contributed by atoms with Gasteiger partial charge in [0.05, 0.1) is 5.60 Å². The minimum Gasteiger partial charge on any atom is -0.389 e. The Morgan fingerprint density at radius 2 is 1.95 bits per heavy atom. The molecule has 1 unspecified atom stereocenters. The van der Waals surface area contributed by atoms with E-state index in [0.29, 0.717) is 11.5 Å². The Kier molecular flexibility index (Phi) is 6.28. The van der Waals surface area contributed by atoms with E-state index in [1.807, 2.05) is 6.92 Å². The second kappa shape index (κ2) is 7.05. The fourth-order valence-corrected chi connectivity index (χ4v) is 3.13. The van der Waals surface area contributed by atoms with Crippen LogP contribution in [0, 0.1) is 5.41 Å². The van der Waals surface area contributed by atoms with Gasteiger partial charge in [0.25, 0.3) is 0 Å². The predicted octanol–water partition coefficient (Wildman–Crippen LogP) is 2.64. The van der Waals surface area contributed by atoms with E-state index >= 15 is 0 Å². The minimum absolute atomic E-state index is 0.345. The number of hydrogen-bond acceptors (Lipinski definition) is 3. The maximum atomic E-state index is 10.2. The van der Waals surface area contributed by atoms with Gasteiger partial charge >= 0.3 is 0 Å². The van der Waals surface area contributed by atoms with Crippen LogP contribution < -0.4 is 5.32 Å². The third kappa shape index (κ3) is 5.41. The fraction of sp³-hybridized carbons (Fsp3) is 1.00. The first-order valence-electron chi connectivity index (χ1n) is 8.00. The lowest BCUT2D eigenvalue weighted by atomic mass is 9.80. The highest BCUT2D eigenvalue weighted by Gasteiger charge is 2.34. The Balaban J connectivity index is 2.61. The highest BCUT2D eigenvalue weighted by Crippen LogP contribution is 2.30. The zero-order valence-corrected chi connectivity index (χ0v) is 13.6. The summed E-state index contributed by atoms with van der Waals surface area (Å²) >= 11 is 0. The zero-order valence-electron chi connectivity index (χ0n) is 13.6. The van der Waals surface area contributed by atoms with Gasteiger partial charge in [-0.2, -0.15) is 0 Å². The highest BCUT2D eigenvalue weighted by molar-refractivity contribution is 4.89. The van der Waals surface area contributed by atoms with Crippen LogP contribution in [0.25, 0.3) is 0 Å². The number of nitrogens with one attached hydrogen (secondary N) is 1. The highest BCUT2D eigenvalue weighted by atomic mass is 16.3. The molecule has 3 nitrogen and oxygen atoms in total. The first-order valence-corrected chi connectivity index (χ1v) is 8.00. The summed E-state index contributed by atoms with van der Waals surface area (Å²) in [6.45, 7) is 15.2. The molecule has 3 heteroatoms. The number of likely N-dealkylation sites (tertiary alicyclic amines) is 1. The van der Waals surface area contributed by atoms with E-state index < -0.39 is 5.60 Å². The van der Waals surface area contributed by atoms with Gasteiger partial charge in [-0.05, 0) is 44.6 Å². The molecule has 0 spiro atoms. The van der Waals surface area contributed by atoms with Crippen LogP contribution in [-0.4, -0.2) is 47.8 Å². The minimum atomic E-state index is -0.489. The lowest BCUT2D eigenvalue weighted by Crippen LogP contribution is -2.52. The molecule has 0 aromatic carbocycles. The zero-order chi connectivity index (χ0) is 14.5. The van der Waals surface area contributed by atoms with E-state index in [9.17, 15) is 5.11 Å². The Morgan fingerprint density at radius 1 is 1.32 bits per heavy atom. The lowest BCUT2D eigenvalue weighted by Gasteiger charge is -2.43. The van der Waals surface area contributed by atoms with E-state index in [2.05, 4.69) is 37.9 Å². The normalized spacial score (nSPS) is 26.1. The van der Waals surface area contributed by atoms with Crippen LogP contribution in [0.15, 0.2) is 0 Å². The van der Waals surface area contributed by atoms with E-state index in [1.165, 1.54) is 12.8 Å². The van der Waals surface area contributed by atoms with E-state index in [1.54, 1.807) is 0 Å². The standard InChI is InChI=1S/C16H34N2O/c1-6-16(7-2,11-17-14(3)4)13-18-10-8-9-15(5,19)12-18/h14,17,19H,6-13H2,1-5H3. The Labute approximate surface area is 119 Å². The Bertz CT molecular complexity index is 259. The molecular weight excluding hydrogens is 236 g/mol. The second-order valence-corrected chi connectivity index (χ2v) is 7.05. The molecule has 114 valence electrons. The Morgan fingerprint density at radius 3 is 2.42 bits per heavy atom. The number of aliphatic hydroxyl groups is 1. The van der Waals surface area contributed by atoms with Gasteiger partial charge in [0.15, 0.2) is 0 Å². The molecular formula is C16H34N2O. The summed E-state index contributed by atoms with van der Waals surface area (Å²) in [7, 11) is 0. The van der Waals surface area contributed by atoms with Gasteiger partial charge in [-0.25, -0.2) is 0 Å². The molecule has 1 aliphatic rings. The molecule has 0 aromatic heterocycles. The van der Waals surface area contributed by atoms with Crippen LogP contribution in [0.4, 0.5) is 0 Å². The maximum absolute atomic E-state index is 10.2. The number of β-amino-alcohol motifs (C(OH)–C–C–N with tert-alkyl or cyclic N) is 1. The van der Waals surface area contributed by atoms with Crippen LogP contribution in [0.2, 0.25) is 0 Å². The summed E-state index contributed by atoms with van der Waals surface area (Å²) in [6.07, 6.45) is 4.46. The number of hydrogen-bond donors (Lipinski definition) is 2.